The molecule has 96 valence electrons. The first-order valence-electron chi connectivity index (χ1n) is 6.14. The molecule has 0 saturated carbocycles. The molecule has 1 fully saturated rings. The molecule has 0 aliphatic carbocycles. The Morgan fingerprint density at radius 3 is 2.78 bits per heavy atom. The van der Waals surface area contributed by atoms with E-state index in [9.17, 15) is 9.59 Å². The average Bonchev–Trinajstić information content (AvgIpc) is 2.61. The third-order valence-corrected chi connectivity index (χ3v) is 3.32. The van der Waals surface area contributed by atoms with Crippen molar-refractivity contribution >= 4 is 11.8 Å². The van der Waals surface area contributed by atoms with Crippen molar-refractivity contribution in [2.45, 2.75) is 25.8 Å². The van der Waals surface area contributed by atoms with E-state index in [1.165, 1.54) is 0 Å². The molecular weight excluding hydrogens is 228 g/mol. The Morgan fingerprint density at radius 1 is 1.44 bits per heavy atom. The van der Waals surface area contributed by atoms with E-state index in [2.05, 4.69) is 5.32 Å². The molecule has 18 heavy (non-hydrogen) atoms. The molecule has 1 saturated heterocycles. The number of hydrogen-bond acceptors (Lipinski definition) is 2. The molecule has 1 atom stereocenters. The number of hydrogen-bond donors (Lipinski definition) is 1. The van der Waals surface area contributed by atoms with Gasteiger partial charge in [-0.05, 0) is 18.1 Å². The fraction of sp³-hybridized carbons (Fsp3) is 0.429. The Balaban J connectivity index is 1.90. The van der Waals surface area contributed by atoms with Gasteiger partial charge in [-0.2, -0.15) is 0 Å². The molecule has 2 amide bonds. The summed E-state index contributed by atoms with van der Waals surface area (Å²) >= 11 is 0. The van der Waals surface area contributed by atoms with Gasteiger partial charge in [-0.25, -0.2) is 0 Å². The second kappa shape index (κ2) is 5.21. The second-order valence-corrected chi connectivity index (χ2v) is 4.85. The van der Waals surface area contributed by atoms with Crippen LogP contribution in [0.4, 0.5) is 0 Å². The van der Waals surface area contributed by atoms with Gasteiger partial charge >= 0.3 is 0 Å². The van der Waals surface area contributed by atoms with Crippen LogP contribution in [0.2, 0.25) is 0 Å². The molecule has 0 spiro atoms. The largest absolute Gasteiger partial charge is 0.351 e. The fourth-order valence-corrected chi connectivity index (χ4v) is 2.22. The van der Waals surface area contributed by atoms with Gasteiger partial charge < -0.3 is 10.2 Å². The monoisotopic (exact) mass is 246 g/mol. The van der Waals surface area contributed by atoms with Crippen LogP contribution < -0.4 is 5.32 Å². The summed E-state index contributed by atoms with van der Waals surface area (Å²) in [6, 6.07) is 7.80. The summed E-state index contributed by atoms with van der Waals surface area (Å²) in [5, 5.41) is 2.91. The number of likely N-dealkylation sites (tertiary alicyclic amines) is 1. The van der Waals surface area contributed by atoms with E-state index in [1.807, 2.05) is 31.2 Å². The van der Waals surface area contributed by atoms with Crippen LogP contribution in [0.1, 0.15) is 17.5 Å². The Morgan fingerprint density at radius 2 is 2.17 bits per heavy atom. The van der Waals surface area contributed by atoms with E-state index in [1.54, 1.807) is 11.9 Å². The highest BCUT2D eigenvalue weighted by molar-refractivity contribution is 5.83. The number of nitrogens with one attached hydrogen (secondary N) is 1. The summed E-state index contributed by atoms with van der Waals surface area (Å²) in [6.07, 6.45) is 0.789. The first-order chi connectivity index (χ1) is 8.56. The van der Waals surface area contributed by atoms with Crippen molar-refractivity contribution in [3.63, 3.8) is 0 Å². The van der Waals surface area contributed by atoms with E-state index in [-0.39, 0.29) is 17.9 Å². The zero-order chi connectivity index (χ0) is 13.1. The second-order valence-electron chi connectivity index (χ2n) is 4.85. The highest BCUT2D eigenvalue weighted by Gasteiger charge is 2.27. The van der Waals surface area contributed by atoms with Gasteiger partial charge in [-0.1, -0.05) is 24.3 Å². The van der Waals surface area contributed by atoms with Crippen LogP contribution in [0.5, 0.6) is 0 Å². The maximum Gasteiger partial charge on any atom is 0.224 e. The van der Waals surface area contributed by atoms with Crippen LogP contribution in [0.15, 0.2) is 24.3 Å². The lowest BCUT2D eigenvalue weighted by atomic mass is 10.1. The SMILES string of the molecule is Cc1ccccc1CC(=O)NC1CC(=O)N(C)C1. The quantitative estimate of drug-likeness (QED) is 0.861. The number of amides is 2. The smallest absolute Gasteiger partial charge is 0.224 e. The molecule has 1 aliphatic rings. The summed E-state index contributed by atoms with van der Waals surface area (Å²) in [5.41, 5.74) is 2.15. The molecule has 4 heteroatoms. The highest BCUT2D eigenvalue weighted by atomic mass is 16.2. The molecule has 1 unspecified atom stereocenters. The van der Waals surface area contributed by atoms with E-state index in [0.717, 1.165) is 11.1 Å². The third-order valence-electron chi connectivity index (χ3n) is 3.32. The minimum Gasteiger partial charge on any atom is -0.351 e. The van der Waals surface area contributed by atoms with Crippen LogP contribution in [0, 0.1) is 6.92 Å². The van der Waals surface area contributed by atoms with Gasteiger partial charge in [0.05, 0.1) is 12.5 Å². The van der Waals surface area contributed by atoms with Gasteiger partial charge in [0.25, 0.3) is 0 Å². The molecule has 4 nitrogen and oxygen atoms in total. The van der Waals surface area contributed by atoms with Crippen molar-refractivity contribution in [3.05, 3.63) is 35.4 Å². The van der Waals surface area contributed by atoms with Gasteiger partial charge in [0.15, 0.2) is 0 Å². The summed E-state index contributed by atoms with van der Waals surface area (Å²) in [6.45, 7) is 2.60. The van der Waals surface area contributed by atoms with Crippen molar-refractivity contribution in [1.29, 1.82) is 0 Å². The normalized spacial score (nSPS) is 19.1. The molecule has 1 aliphatic heterocycles. The van der Waals surface area contributed by atoms with E-state index in [4.69, 9.17) is 0 Å². The fourth-order valence-electron chi connectivity index (χ4n) is 2.22. The van der Waals surface area contributed by atoms with Gasteiger partial charge in [0, 0.05) is 20.0 Å². The van der Waals surface area contributed by atoms with Crippen LogP contribution >= 0.6 is 0 Å². The summed E-state index contributed by atoms with van der Waals surface area (Å²) < 4.78 is 0. The van der Waals surface area contributed by atoms with E-state index in [0.29, 0.717) is 19.4 Å². The van der Waals surface area contributed by atoms with Crippen LogP contribution in [0.3, 0.4) is 0 Å². The number of carbonyl (C=O) groups excluding carboxylic acids is 2. The summed E-state index contributed by atoms with van der Waals surface area (Å²) in [4.78, 5) is 24.9. The average molecular weight is 246 g/mol. The van der Waals surface area contributed by atoms with E-state index >= 15 is 0 Å². The minimum atomic E-state index is -0.0426. The zero-order valence-electron chi connectivity index (χ0n) is 10.8. The number of rotatable bonds is 3. The molecule has 2 rings (SSSR count). The predicted molar refractivity (Wildman–Crippen MR) is 69.1 cm³/mol. The lowest BCUT2D eigenvalue weighted by Gasteiger charge is -2.13. The van der Waals surface area contributed by atoms with Crippen molar-refractivity contribution < 1.29 is 9.59 Å². The Bertz CT molecular complexity index is 471. The number of likely N-dealkylation sites (N-methyl/N-ethyl adjacent to an activating group) is 1. The van der Waals surface area contributed by atoms with Crippen molar-refractivity contribution in [3.8, 4) is 0 Å². The molecule has 1 aromatic carbocycles. The third kappa shape index (κ3) is 2.88. The standard InChI is InChI=1S/C14H18N2O2/c1-10-5-3-4-6-11(10)7-13(17)15-12-8-14(18)16(2)9-12/h3-6,12H,7-9H2,1-2H3,(H,15,17). The zero-order valence-corrected chi connectivity index (χ0v) is 10.8. The van der Waals surface area contributed by atoms with Crippen LogP contribution in [-0.2, 0) is 16.0 Å². The molecular formula is C14H18N2O2. The highest BCUT2D eigenvalue weighted by Crippen LogP contribution is 2.10. The molecule has 1 N–H and O–H groups in total. The van der Waals surface area contributed by atoms with Crippen LogP contribution in [-0.4, -0.2) is 36.3 Å². The Labute approximate surface area is 107 Å². The number of aryl methyl sites for hydroxylation is 1. The van der Waals surface area contributed by atoms with Gasteiger partial charge in [0.2, 0.25) is 11.8 Å². The molecule has 0 radical (unpaired) electrons. The van der Waals surface area contributed by atoms with Gasteiger partial charge in [-0.3, -0.25) is 9.59 Å². The lowest BCUT2D eigenvalue weighted by Crippen LogP contribution is -2.37. The first kappa shape index (κ1) is 12.6. The van der Waals surface area contributed by atoms with Crippen molar-refractivity contribution in [2.75, 3.05) is 13.6 Å². The number of nitrogens with zero attached hydrogens (tertiary/aromatic N) is 1. The summed E-state index contributed by atoms with van der Waals surface area (Å²) in [7, 11) is 1.76. The summed E-state index contributed by atoms with van der Waals surface area (Å²) in [5.74, 6) is 0.0774. The first-order valence-corrected chi connectivity index (χ1v) is 6.14. The Kier molecular flexibility index (Phi) is 3.65. The topological polar surface area (TPSA) is 49.4 Å². The molecule has 0 bridgehead atoms. The van der Waals surface area contributed by atoms with Crippen molar-refractivity contribution in [1.82, 2.24) is 10.2 Å². The van der Waals surface area contributed by atoms with Gasteiger partial charge in [0.1, 0.15) is 0 Å². The maximum atomic E-state index is 11.9. The molecule has 0 aromatic heterocycles. The minimum absolute atomic E-state index is 0.0163. The number of benzene rings is 1. The molecule has 1 aromatic rings. The van der Waals surface area contributed by atoms with Crippen LogP contribution in [0.25, 0.3) is 0 Å². The predicted octanol–water partition coefficient (Wildman–Crippen LogP) is 0.884. The molecule has 1 heterocycles. The van der Waals surface area contributed by atoms with E-state index < -0.39 is 0 Å². The maximum absolute atomic E-state index is 11.9. The van der Waals surface area contributed by atoms with Crippen molar-refractivity contribution in [2.24, 2.45) is 0 Å². The number of carbonyl (C=O) groups is 2. The lowest BCUT2D eigenvalue weighted by molar-refractivity contribution is -0.126. The Hall–Kier alpha value is -1.84. The van der Waals surface area contributed by atoms with Gasteiger partial charge in [-0.15, -0.1) is 0 Å².